The summed E-state index contributed by atoms with van der Waals surface area (Å²) < 4.78 is 55.0. The minimum atomic E-state index is -2.74. The summed E-state index contributed by atoms with van der Waals surface area (Å²) in [5.74, 6) is 1.17. The van der Waals surface area contributed by atoms with Crippen LogP contribution < -0.4 is 0 Å². The molecule has 0 fully saturated rings. The quantitative estimate of drug-likeness (QED) is 0.0251. The fourth-order valence-corrected chi connectivity index (χ4v) is 45.7. The van der Waals surface area contributed by atoms with Crippen LogP contribution in [0.3, 0.4) is 0 Å². The predicted octanol–water partition coefficient (Wildman–Crippen LogP) is 14.3. The largest absolute Gasteiger partial charge is 0.512 e. The molecule has 332 valence electrons. The van der Waals surface area contributed by atoms with Crippen molar-refractivity contribution >= 4 is 150 Å². The molecule has 0 bridgehead atoms. The Morgan fingerprint density at radius 1 is 0.400 bits per heavy atom. The van der Waals surface area contributed by atoms with Gasteiger partial charge in [0.15, 0.2) is 0 Å². The Bertz CT molecular complexity index is 754. The molecule has 0 saturated heterocycles. The monoisotopic (exact) mass is 1050 g/mol. The first-order chi connectivity index (χ1) is 26.5. The van der Waals surface area contributed by atoms with Crippen molar-refractivity contribution in [2.75, 3.05) is 75.6 Å². The molecule has 2 atom stereocenters. The van der Waals surface area contributed by atoms with Gasteiger partial charge in [-0.3, -0.25) is 0 Å². The topological polar surface area (TPSA) is 83.1 Å². The van der Waals surface area contributed by atoms with Gasteiger partial charge in [0.1, 0.15) is 3.41 Å². The van der Waals surface area contributed by atoms with E-state index in [1.807, 2.05) is 124 Å². The first kappa shape index (κ1) is 59.5. The Hall–Kier alpha value is 4.49. The van der Waals surface area contributed by atoms with Gasteiger partial charge >= 0.3 is 26.4 Å². The summed E-state index contributed by atoms with van der Waals surface area (Å²) in [6.45, 7) is 30.4. The molecule has 9 nitrogen and oxygen atoms in total. The Balaban J connectivity index is 6.14. The van der Waals surface area contributed by atoms with Gasteiger partial charge in [-0.15, -0.1) is 0 Å². The maximum atomic E-state index is 6.13. The van der Waals surface area contributed by atoms with Crippen molar-refractivity contribution in [2.45, 2.75) is 112 Å². The third-order valence-corrected chi connectivity index (χ3v) is 43.4. The minimum Gasteiger partial charge on any atom is -0.373 e. The minimum absolute atomic E-state index is 0.152. The van der Waals surface area contributed by atoms with Gasteiger partial charge in [-0.25, -0.2) is 0 Å². The molecule has 0 heterocycles. The van der Waals surface area contributed by atoms with Gasteiger partial charge < -0.3 is 39.8 Å². The van der Waals surface area contributed by atoms with Gasteiger partial charge in [0, 0.05) is 59.5 Å². The van der Waals surface area contributed by atoms with E-state index in [4.69, 9.17) is 39.8 Å². The molecule has 0 saturated carbocycles. The molecule has 0 rings (SSSR count). The fourth-order valence-electron chi connectivity index (χ4n) is 4.70. The molecule has 0 N–H and O–H groups in total. The Morgan fingerprint density at radius 3 is 0.909 bits per heavy atom. The molecule has 0 aromatic heterocycles. The molecule has 0 aliphatic carbocycles. The summed E-state index contributed by atoms with van der Waals surface area (Å²) in [4.78, 5) is 0. The number of rotatable bonds is 42. The molecule has 0 aliphatic rings. The van der Waals surface area contributed by atoms with Crippen molar-refractivity contribution in [2.24, 2.45) is 11.8 Å². The molecule has 0 aromatic rings. The van der Waals surface area contributed by atoms with Crippen molar-refractivity contribution in [3.63, 3.8) is 0 Å². The van der Waals surface area contributed by atoms with Crippen LogP contribution in [0.5, 0.6) is 0 Å². The van der Waals surface area contributed by atoms with Crippen molar-refractivity contribution < 1.29 is 39.8 Å². The lowest BCUT2D eigenvalue weighted by Crippen LogP contribution is -2.49. The highest BCUT2D eigenvalue weighted by Gasteiger charge is 2.45. The maximum Gasteiger partial charge on any atom is 0.512 e. The van der Waals surface area contributed by atoms with Crippen LogP contribution in [0.2, 0.25) is 0 Å². The van der Waals surface area contributed by atoms with Gasteiger partial charge in [0.05, 0.1) is 16.1 Å². The van der Waals surface area contributed by atoms with Crippen LogP contribution in [0.1, 0.15) is 109 Å². The third-order valence-electron chi connectivity index (χ3n) is 7.30. The van der Waals surface area contributed by atoms with Crippen molar-refractivity contribution in [1.29, 1.82) is 0 Å². The normalized spacial score (nSPS) is 14.2. The second-order valence-corrected chi connectivity index (χ2v) is 39.7. The lowest BCUT2D eigenvalue weighted by molar-refractivity contribution is 0.0765. The van der Waals surface area contributed by atoms with E-state index in [-0.39, 0.29) is 3.41 Å². The van der Waals surface area contributed by atoms with Crippen molar-refractivity contribution in [1.82, 2.24) is 0 Å². The summed E-state index contributed by atoms with van der Waals surface area (Å²) in [6, 6.07) is 0. The zero-order valence-electron chi connectivity index (χ0n) is 35.0. The maximum absolute atomic E-state index is 6.13. The Morgan fingerprint density at radius 2 is 0.673 bits per heavy atom. The zero-order valence-corrected chi connectivity index (χ0v) is 47.8. The molecule has 0 amide bonds. The van der Waals surface area contributed by atoms with E-state index in [0.717, 1.165) is 12.3 Å². The standard InChI is InChI=1S/C31H70O9S12Si3/c1-13-29(11)24-23-25-30(12)31(44-50-47-41-26-53(32-14-2,33-15-3)34-16-4,45-51-48-42-27-54(35-17-5,36-18-6)37-19-7)46-52-49-43-28-55(38-20-8,39-21-9)40-22-10/h29-30H,13-28H2,1-12H3. The van der Waals surface area contributed by atoms with Gasteiger partial charge in [-0.2, -0.15) is 0 Å². The molecule has 2 unspecified atom stereocenters. The van der Waals surface area contributed by atoms with Gasteiger partial charge in [0.25, 0.3) is 0 Å². The van der Waals surface area contributed by atoms with E-state index in [1.54, 1.807) is 61.9 Å². The highest BCUT2D eigenvalue weighted by Crippen LogP contribution is 2.70. The highest BCUT2D eigenvalue weighted by molar-refractivity contribution is 9.32. The van der Waals surface area contributed by atoms with Crippen LogP contribution in [0.25, 0.3) is 0 Å². The van der Waals surface area contributed by atoms with Crippen LogP contribution >= 0.6 is 124 Å². The molecule has 0 spiro atoms. The molecule has 24 heteroatoms. The van der Waals surface area contributed by atoms with E-state index in [2.05, 4.69) is 20.8 Å². The van der Waals surface area contributed by atoms with E-state index in [1.165, 1.54) is 19.3 Å². The number of hydrogen-bond donors (Lipinski definition) is 0. The Labute approximate surface area is 385 Å². The summed E-state index contributed by atoms with van der Waals surface area (Å²) >= 11 is 0. The molecule has 0 radical (unpaired) electrons. The lowest BCUT2D eigenvalue weighted by Gasteiger charge is -2.35. The van der Waals surface area contributed by atoms with Crippen LogP contribution in [-0.2, 0) is 39.8 Å². The highest BCUT2D eigenvalue weighted by atomic mass is 33.7. The summed E-state index contributed by atoms with van der Waals surface area (Å²) in [5.41, 5.74) is 0. The smallest absolute Gasteiger partial charge is 0.373 e. The first-order valence-corrected chi connectivity index (χ1v) is 40.0. The average molecular weight is 1060 g/mol. The van der Waals surface area contributed by atoms with Crippen molar-refractivity contribution in [3.8, 4) is 0 Å². The fraction of sp³-hybridized carbons (Fsp3) is 1.00. The molecule has 55 heavy (non-hydrogen) atoms. The van der Waals surface area contributed by atoms with E-state index in [0.29, 0.717) is 81.5 Å². The third kappa shape index (κ3) is 26.1. The molecular formula is C31H70O9S12Si3. The van der Waals surface area contributed by atoms with E-state index >= 15 is 0 Å². The molecular weight excluding hydrogens is 985 g/mol. The predicted molar refractivity (Wildman–Crippen MR) is 273 cm³/mol. The lowest BCUT2D eigenvalue weighted by atomic mass is 9.98. The second-order valence-electron chi connectivity index (χ2n) is 11.3. The molecule has 0 aromatic carbocycles. The van der Waals surface area contributed by atoms with Gasteiger partial charge in [-0.1, -0.05) is 105 Å². The Kier molecular flexibility index (Phi) is 40.9. The summed E-state index contributed by atoms with van der Waals surface area (Å²) in [5, 5.41) is 2.12. The van der Waals surface area contributed by atoms with E-state index < -0.39 is 26.4 Å². The number of hydrogen-bond acceptors (Lipinski definition) is 21. The summed E-state index contributed by atoms with van der Waals surface area (Å²) in [6.07, 6.45) is 4.84. The average Bonchev–Trinajstić information content (AvgIpc) is 3.15. The van der Waals surface area contributed by atoms with Gasteiger partial charge in [-0.05, 0) is 140 Å². The first-order valence-electron chi connectivity index (χ1n) is 19.2. The second kappa shape index (κ2) is 37.8. The van der Waals surface area contributed by atoms with Crippen molar-refractivity contribution in [3.05, 3.63) is 0 Å². The summed E-state index contributed by atoms with van der Waals surface area (Å²) in [7, 11) is 13.9. The van der Waals surface area contributed by atoms with Crippen LogP contribution in [0, 0.1) is 11.8 Å². The van der Waals surface area contributed by atoms with Crippen LogP contribution in [-0.4, -0.2) is 105 Å². The van der Waals surface area contributed by atoms with Gasteiger partial charge in [0.2, 0.25) is 0 Å². The SMILES string of the molecule is CCO[Si](CSSSSC(SSSSC[Si](OCC)(OCC)OCC)(SSSSC[Si](OCC)(OCC)OCC)C(C)CCCC(C)CC)(OCC)OCC. The van der Waals surface area contributed by atoms with Crippen LogP contribution in [0.4, 0.5) is 0 Å². The zero-order chi connectivity index (χ0) is 41.3. The van der Waals surface area contributed by atoms with E-state index in [9.17, 15) is 0 Å². The molecule has 0 aliphatic heterocycles. The van der Waals surface area contributed by atoms with Crippen LogP contribution in [0.15, 0.2) is 0 Å².